The van der Waals surface area contributed by atoms with Gasteiger partial charge in [-0.2, -0.15) is 5.26 Å². The zero-order chi connectivity index (χ0) is 12.3. The molecule has 1 unspecified atom stereocenters. The molecule has 1 fully saturated rings. The predicted molar refractivity (Wildman–Crippen MR) is 56.6 cm³/mol. The molecule has 1 aliphatic heterocycles. The summed E-state index contributed by atoms with van der Waals surface area (Å²) >= 11 is 0. The van der Waals surface area contributed by atoms with Gasteiger partial charge in [0.1, 0.15) is 11.6 Å². The monoisotopic (exact) mass is 237 g/mol. The van der Waals surface area contributed by atoms with E-state index in [0.29, 0.717) is 19.8 Å². The SMILES string of the molecule is N#Cc1cn(CC2COCCO2)c(=O)[nH]c1=O. The average Bonchev–Trinajstić information content (AvgIpc) is 2.34. The summed E-state index contributed by atoms with van der Waals surface area (Å²) in [5, 5.41) is 8.70. The lowest BCUT2D eigenvalue weighted by Gasteiger charge is -2.23. The van der Waals surface area contributed by atoms with Crippen LogP contribution in [-0.4, -0.2) is 35.5 Å². The van der Waals surface area contributed by atoms with E-state index in [4.69, 9.17) is 14.7 Å². The van der Waals surface area contributed by atoms with Crippen LogP contribution in [0.1, 0.15) is 5.56 Å². The van der Waals surface area contributed by atoms with E-state index in [2.05, 4.69) is 4.98 Å². The van der Waals surface area contributed by atoms with Gasteiger partial charge in [-0.25, -0.2) is 4.79 Å². The number of aromatic nitrogens is 2. The van der Waals surface area contributed by atoms with Crippen LogP contribution < -0.4 is 11.2 Å². The summed E-state index contributed by atoms with van der Waals surface area (Å²) in [7, 11) is 0. The molecule has 7 heteroatoms. The van der Waals surface area contributed by atoms with Gasteiger partial charge in [-0.15, -0.1) is 0 Å². The molecule has 0 saturated carbocycles. The van der Waals surface area contributed by atoms with E-state index in [-0.39, 0.29) is 18.2 Å². The molecule has 1 N–H and O–H groups in total. The van der Waals surface area contributed by atoms with Gasteiger partial charge in [0.05, 0.1) is 32.5 Å². The molecule has 1 aromatic rings. The Kier molecular flexibility index (Phi) is 3.37. The first-order chi connectivity index (χ1) is 8.20. The summed E-state index contributed by atoms with van der Waals surface area (Å²) in [4.78, 5) is 24.7. The number of aromatic amines is 1. The molecule has 0 amide bonds. The highest BCUT2D eigenvalue weighted by molar-refractivity contribution is 5.21. The summed E-state index contributed by atoms with van der Waals surface area (Å²) in [6.45, 7) is 1.67. The Hall–Kier alpha value is -1.91. The van der Waals surface area contributed by atoms with Crippen molar-refractivity contribution in [3.8, 4) is 6.07 Å². The maximum Gasteiger partial charge on any atom is 0.328 e. The van der Waals surface area contributed by atoms with Crippen molar-refractivity contribution in [2.45, 2.75) is 12.6 Å². The molecule has 1 aliphatic rings. The number of H-pyrrole nitrogens is 1. The lowest BCUT2D eigenvalue weighted by atomic mass is 10.3. The predicted octanol–water partition coefficient (Wildman–Crippen LogP) is -1.18. The highest BCUT2D eigenvalue weighted by Crippen LogP contribution is 2.02. The van der Waals surface area contributed by atoms with E-state index >= 15 is 0 Å². The molecule has 0 bridgehead atoms. The lowest BCUT2D eigenvalue weighted by molar-refractivity contribution is -0.0940. The molecular weight excluding hydrogens is 226 g/mol. The van der Waals surface area contributed by atoms with Crippen LogP contribution >= 0.6 is 0 Å². The minimum atomic E-state index is -0.672. The van der Waals surface area contributed by atoms with Crippen molar-refractivity contribution in [2.24, 2.45) is 0 Å². The molecule has 1 atom stereocenters. The van der Waals surface area contributed by atoms with Crippen molar-refractivity contribution in [3.63, 3.8) is 0 Å². The van der Waals surface area contributed by atoms with Gasteiger partial charge in [-0.05, 0) is 0 Å². The Labute approximate surface area is 96.2 Å². The minimum Gasteiger partial charge on any atom is -0.376 e. The second-order valence-electron chi connectivity index (χ2n) is 3.63. The molecule has 1 aromatic heterocycles. The fourth-order valence-electron chi connectivity index (χ4n) is 1.59. The number of ether oxygens (including phenoxy) is 2. The van der Waals surface area contributed by atoms with Crippen LogP contribution in [0.2, 0.25) is 0 Å². The van der Waals surface area contributed by atoms with E-state index in [1.807, 2.05) is 0 Å². The molecule has 0 spiro atoms. The summed E-state index contributed by atoms with van der Waals surface area (Å²) in [5.74, 6) is 0. The first kappa shape index (κ1) is 11.6. The van der Waals surface area contributed by atoms with Crippen LogP contribution in [0.5, 0.6) is 0 Å². The highest BCUT2D eigenvalue weighted by atomic mass is 16.6. The van der Waals surface area contributed by atoms with Gasteiger partial charge in [-0.1, -0.05) is 0 Å². The van der Waals surface area contributed by atoms with Gasteiger partial charge in [0.25, 0.3) is 5.56 Å². The summed E-state index contributed by atoms with van der Waals surface area (Å²) in [6, 6.07) is 1.72. The standard InChI is InChI=1S/C10H11N3O4/c11-3-7-4-13(10(15)12-9(7)14)5-8-6-16-1-2-17-8/h4,8H,1-2,5-6H2,(H,12,14,15). The molecule has 7 nitrogen and oxygen atoms in total. The Morgan fingerprint density at radius 2 is 2.35 bits per heavy atom. The fraction of sp³-hybridized carbons (Fsp3) is 0.500. The van der Waals surface area contributed by atoms with Crippen LogP contribution in [0, 0.1) is 11.3 Å². The third-order valence-electron chi connectivity index (χ3n) is 2.42. The lowest BCUT2D eigenvalue weighted by Crippen LogP contribution is -2.38. The van der Waals surface area contributed by atoms with Crippen molar-refractivity contribution in [1.29, 1.82) is 5.26 Å². The average molecular weight is 237 g/mol. The van der Waals surface area contributed by atoms with Gasteiger partial charge in [0, 0.05) is 6.20 Å². The van der Waals surface area contributed by atoms with Crippen molar-refractivity contribution in [1.82, 2.24) is 9.55 Å². The zero-order valence-corrected chi connectivity index (χ0v) is 9.01. The van der Waals surface area contributed by atoms with Crippen LogP contribution in [0.4, 0.5) is 0 Å². The molecular formula is C10H11N3O4. The topological polar surface area (TPSA) is 97.1 Å². The highest BCUT2D eigenvalue weighted by Gasteiger charge is 2.16. The Morgan fingerprint density at radius 1 is 1.53 bits per heavy atom. The molecule has 0 aromatic carbocycles. The normalized spacial score (nSPS) is 19.8. The second kappa shape index (κ2) is 4.95. The molecule has 0 radical (unpaired) electrons. The Morgan fingerprint density at radius 3 is 3.00 bits per heavy atom. The Balaban J connectivity index is 2.23. The maximum atomic E-state index is 11.5. The van der Waals surface area contributed by atoms with Gasteiger partial charge >= 0.3 is 5.69 Å². The van der Waals surface area contributed by atoms with E-state index in [1.54, 1.807) is 6.07 Å². The van der Waals surface area contributed by atoms with Gasteiger partial charge in [0.2, 0.25) is 0 Å². The number of hydrogen-bond donors (Lipinski definition) is 1. The smallest absolute Gasteiger partial charge is 0.328 e. The molecule has 2 rings (SSSR count). The summed E-state index contributed by atoms with van der Waals surface area (Å²) < 4.78 is 11.8. The fourth-order valence-corrected chi connectivity index (χ4v) is 1.59. The third-order valence-corrected chi connectivity index (χ3v) is 2.42. The van der Waals surface area contributed by atoms with Crippen molar-refractivity contribution >= 4 is 0 Å². The van der Waals surface area contributed by atoms with Crippen molar-refractivity contribution < 1.29 is 9.47 Å². The van der Waals surface area contributed by atoms with Gasteiger partial charge < -0.3 is 9.47 Å². The summed E-state index contributed by atoms with van der Waals surface area (Å²) in [5.41, 5.74) is -1.32. The van der Waals surface area contributed by atoms with E-state index in [0.717, 1.165) is 0 Å². The van der Waals surface area contributed by atoms with Gasteiger partial charge in [-0.3, -0.25) is 14.3 Å². The maximum absolute atomic E-state index is 11.5. The molecule has 2 heterocycles. The molecule has 0 aliphatic carbocycles. The first-order valence-corrected chi connectivity index (χ1v) is 5.14. The Bertz CT molecular complexity index is 548. The van der Waals surface area contributed by atoms with E-state index < -0.39 is 11.2 Å². The van der Waals surface area contributed by atoms with Gasteiger partial charge in [0.15, 0.2) is 0 Å². The van der Waals surface area contributed by atoms with Crippen LogP contribution in [0.3, 0.4) is 0 Å². The minimum absolute atomic E-state index is 0.0960. The number of nitriles is 1. The number of rotatable bonds is 2. The number of nitrogens with zero attached hydrogens (tertiary/aromatic N) is 2. The molecule has 17 heavy (non-hydrogen) atoms. The summed E-state index contributed by atoms with van der Waals surface area (Å²) in [6.07, 6.45) is 0.998. The third kappa shape index (κ3) is 2.61. The van der Waals surface area contributed by atoms with Crippen molar-refractivity contribution in [3.05, 3.63) is 32.6 Å². The van der Waals surface area contributed by atoms with E-state index in [1.165, 1.54) is 10.8 Å². The van der Waals surface area contributed by atoms with E-state index in [9.17, 15) is 9.59 Å². The molecule has 1 saturated heterocycles. The van der Waals surface area contributed by atoms with Crippen LogP contribution in [0.15, 0.2) is 15.8 Å². The molecule has 90 valence electrons. The first-order valence-electron chi connectivity index (χ1n) is 5.14. The second-order valence-corrected chi connectivity index (χ2v) is 3.63. The van der Waals surface area contributed by atoms with Crippen LogP contribution in [0.25, 0.3) is 0 Å². The quantitative estimate of drug-likeness (QED) is 0.698. The van der Waals surface area contributed by atoms with Crippen LogP contribution in [-0.2, 0) is 16.0 Å². The zero-order valence-electron chi connectivity index (χ0n) is 9.01. The number of nitrogens with one attached hydrogen (secondary N) is 1. The van der Waals surface area contributed by atoms with Crippen molar-refractivity contribution in [2.75, 3.05) is 19.8 Å². The largest absolute Gasteiger partial charge is 0.376 e. The number of hydrogen-bond acceptors (Lipinski definition) is 5.